The van der Waals surface area contributed by atoms with Gasteiger partial charge in [0.15, 0.2) is 5.82 Å². The van der Waals surface area contributed by atoms with Crippen molar-refractivity contribution in [3.05, 3.63) is 50.8 Å². The minimum Gasteiger partial charge on any atom is -0.294 e. The van der Waals surface area contributed by atoms with Crippen LogP contribution in [0.2, 0.25) is 0 Å². The quantitative estimate of drug-likeness (QED) is 0.636. The second-order valence-electron chi connectivity index (χ2n) is 5.69. The molecule has 0 fully saturated rings. The summed E-state index contributed by atoms with van der Waals surface area (Å²) in [4.78, 5) is 28.2. The van der Waals surface area contributed by atoms with Crippen molar-refractivity contribution in [1.82, 2.24) is 23.9 Å². The molecule has 3 rings (SSSR count). The molecule has 10 heteroatoms. The van der Waals surface area contributed by atoms with Crippen LogP contribution < -0.4 is 11.2 Å². The van der Waals surface area contributed by atoms with Crippen LogP contribution in [0.4, 0.5) is 13.2 Å². The molecule has 0 aliphatic heterocycles. The number of hydrogen-bond acceptors (Lipinski definition) is 4. The second kappa shape index (κ2) is 7.11. The van der Waals surface area contributed by atoms with Gasteiger partial charge in [-0.2, -0.15) is 13.5 Å². The van der Waals surface area contributed by atoms with E-state index in [9.17, 15) is 22.8 Å². The molecule has 0 saturated heterocycles. The van der Waals surface area contributed by atoms with Gasteiger partial charge >= 0.3 is 12.2 Å². The van der Waals surface area contributed by atoms with E-state index in [0.717, 1.165) is 22.9 Å². The molecule has 2 aromatic heterocycles. The highest BCUT2D eigenvalue weighted by molar-refractivity contribution is 5.77. The van der Waals surface area contributed by atoms with Gasteiger partial charge in [-0.1, -0.05) is 12.8 Å². The third-order valence-electron chi connectivity index (χ3n) is 3.94. The summed E-state index contributed by atoms with van der Waals surface area (Å²) in [5, 5.41) is 3.86. The predicted octanol–water partition coefficient (Wildman–Crippen LogP) is 1.86. The van der Waals surface area contributed by atoms with E-state index >= 15 is 0 Å². The molecule has 0 aliphatic carbocycles. The number of fused-ring (bicyclic) bond motifs is 1. The lowest BCUT2D eigenvalue weighted by molar-refractivity contribution is 0.0630. The first kappa shape index (κ1) is 18.4. The Morgan fingerprint density at radius 2 is 2.04 bits per heavy atom. The summed E-state index contributed by atoms with van der Waals surface area (Å²) < 4.78 is 43.0. The van der Waals surface area contributed by atoms with E-state index in [-0.39, 0.29) is 40.1 Å². The van der Waals surface area contributed by atoms with Gasteiger partial charge in [0.2, 0.25) is 0 Å². The van der Waals surface area contributed by atoms with Gasteiger partial charge in [-0.15, -0.1) is 11.5 Å². The number of rotatable bonds is 5. The molecule has 0 saturated carbocycles. The smallest absolute Gasteiger partial charge is 0.294 e. The molecular formula is C17H14F3N5O2. The number of benzene rings is 1. The van der Waals surface area contributed by atoms with Crippen LogP contribution in [0.5, 0.6) is 0 Å². The first-order chi connectivity index (χ1) is 12.9. The van der Waals surface area contributed by atoms with Crippen molar-refractivity contribution in [3.63, 3.8) is 0 Å². The normalized spacial score (nSPS) is 11.3. The number of nitrogens with zero attached hydrogens (tertiary/aromatic N) is 5. The van der Waals surface area contributed by atoms with Crippen LogP contribution >= 0.6 is 0 Å². The molecule has 140 valence electrons. The van der Waals surface area contributed by atoms with Crippen molar-refractivity contribution >= 4 is 11.0 Å². The minimum absolute atomic E-state index is 0.107. The summed E-state index contributed by atoms with van der Waals surface area (Å²) in [6.45, 7) is -1.48. The Balaban J connectivity index is 2.32. The highest BCUT2D eigenvalue weighted by atomic mass is 19.3. The molecule has 0 atom stereocenters. The van der Waals surface area contributed by atoms with Crippen molar-refractivity contribution in [2.24, 2.45) is 0 Å². The first-order valence-corrected chi connectivity index (χ1v) is 8.00. The summed E-state index contributed by atoms with van der Waals surface area (Å²) in [5.41, 5.74) is -1.78. The second-order valence-corrected chi connectivity index (χ2v) is 5.69. The fourth-order valence-electron chi connectivity index (χ4n) is 2.76. The van der Waals surface area contributed by atoms with Gasteiger partial charge in [0.25, 0.3) is 5.56 Å². The number of alkyl halides is 2. The maximum Gasteiger partial charge on any atom is 0.355 e. The lowest BCUT2D eigenvalue weighted by Crippen LogP contribution is -2.26. The van der Waals surface area contributed by atoms with E-state index in [1.54, 1.807) is 6.92 Å². The average molecular weight is 377 g/mol. The molecule has 1 aromatic carbocycles. The van der Waals surface area contributed by atoms with Crippen LogP contribution in [0.1, 0.15) is 25.7 Å². The number of aromatic nitrogens is 5. The molecule has 0 amide bonds. The van der Waals surface area contributed by atoms with Gasteiger partial charge in [-0.25, -0.2) is 18.7 Å². The number of terminal acetylenes is 1. The molecule has 0 bridgehead atoms. The van der Waals surface area contributed by atoms with Crippen molar-refractivity contribution in [2.75, 3.05) is 0 Å². The van der Waals surface area contributed by atoms with Gasteiger partial charge in [-0.3, -0.25) is 9.36 Å². The van der Waals surface area contributed by atoms with Gasteiger partial charge in [-0.05, 0) is 12.5 Å². The van der Waals surface area contributed by atoms with Crippen LogP contribution in [-0.2, 0) is 13.0 Å². The zero-order chi connectivity index (χ0) is 19.7. The van der Waals surface area contributed by atoms with E-state index in [2.05, 4.69) is 16.0 Å². The molecule has 0 N–H and O–H groups in total. The highest BCUT2D eigenvalue weighted by Crippen LogP contribution is 2.20. The lowest BCUT2D eigenvalue weighted by Gasteiger charge is -2.09. The van der Waals surface area contributed by atoms with Crippen LogP contribution in [0.25, 0.3) is 16.7 Å². The SMILES string of the molecule is C#CCn1c(=O)cnc2cc(F)c(-n3nc(CCC)n(C(F)F)c3=O)cc21. The lowest BCUT2D eigenvalue weighted by atomic mass is 10.2. The zero-order valence-corrected chi connectivity index (χ0v) is 14.2. The Labute approximate surface area is 150 Å². The maximum absolute atomic E-state index is 14.6. The van der Waals surface area contributed by atoms with Gasteiger partial charge in [0.05, 0.1) is 23.8 Å². The fraction of sp³-hybridized carbons (Fsp3) is 0.294. The third-order valence-corrected chi connectivity index (χ3v) is 3.94. The van der Waals surface area contributed by atoms with Crippen LogP contribution in [0, 0.1) is 18.2 Å². The Morgan fingerprint density at radius 1 is 1.30 bits per heavy atom. The molecule has 2 heterocycles. The fourth-order valence-corrected chi connectivity index (χ4v) is 2.76. The molecule has 0 aliphatic rings. The molecule has 27 heavy (non-hydrogen) atoms. The summed E-state index contributed by atoms with van der Waals surface area (Å²) >= 11 is 0. The number of hydrogen-bond donors (Lipinski definition) is 0. The summed E-state index contributed by atoms with van der Waals surface area (Å²) in [6, 6.07) is 2.14. The maximum atomic E-state index is 14.6. The molecular weight excluding hydrogens is 363 g/mol. The molecule has 7 nitrogen and oxygen atoms in total. The van der Waals surface area contributed by atoms with Gasteiger partial charge in [0.1, 0.15) is 11.5 Å². The highest BCUT2D eigenvalue weighted by Gasteiger charge is 2.22. The molecule has 0 radical (unpaired) electrons. The average Bonchev–Trinajstić information content (AvgIpc) is 2.94. The van der Waals surface area contributed by atoms with Crippen molar-refractivity contribution in [2.45, 2.75) is 32.9 Å². The summed E-state index contributed by atoms with van der Waals surface area (Å²) in [5.74, 6) is 1.24. The van der Waals surface area contributed by atoms with Crippen LogP contribution in [0.15, 0.2) is 27.9 Å². The monoisotopic (exact) mass is 377 g/mol. The Hall–Kier alpha value is -3.35. The van der Waals surface area contributed by atoms with Crippen LogP contribution in [-0.4, -0.2) is 23.9 Å². The summed E-state index contributed by atoms with van der Waals surface area (Å²) in [6.07, 6.45) is 6.83. The number of halogens is 3. The van der Waals surface area contributed by atoms with Crippen molar-refractivity contribution in [1.29, 1.82) is 0 Å². The number of aryl methyl sites for hydroxylation is 1. The predicted molar refractivity (Wildman–Crippen MR) is 91.4 cm³/mol. The standard InChI is InChI=1S/C17H14F3N5O2/c1-3-5-14-22-25(17(27)24(14)16(19)20)12-8-13-11(7-10(12)18)21-9-15(26)23(13)6-4-2/h2,7-9,16H,3,5-6H2,1H3. The summed E-state index contributed by atoms with van der Waals surface area (Å²) in [7, 11) is 0. The third kappa shape index (κ3) is 3.12. The van der Waals surface area contributed by atoms with E-state index < -0.39 is 23.6 Å². The molecule has 3 aromatic rings. The molecule has 0 unspecified atom stereocenters. The molecule has 0 spiro atoms. The van der Waals surface area contributed by atoms with E-state index in [1.807, 2.05) is 0 Å². The van der Waals surface area contributed by atoms with E-state index in [4.69, 9.17) is 6.42 Å². The van der Waals surface area contributed by atoms with E-state index in [0.29, 0.717) is 11.1 Å². The Morgan fingerprint density at radius 3 is 2.67 bits per heavy atom. The Kier molecular flexibility index (Phi) is 4.85. The van der Waals surface area contributed by atoms with E-state index in [1.165, 1.54) is 0 Å². The van der Waals surface area contributed by atoms with Crippen LogP contribution in [0.3, 0.4) is 0 Å². The Bertz CT molecular complexity index is 1170. The van der Waals surface area contributed by atoms with Crippen molar-refractivity contribution < 1.29 is 13.2 Å². The largest absolute Gasteiger partial charge is 0.355 e. The minimum atomic E-state index is -3.11. The first-order valence-electron chi connectivity index (χ1n) is 8.00. The van der Waals surface area contributed by atoms with Gasteiger partial charge < -0.3 is 0 Å². The topological polar surface area (TPSA) is 74.7 Å². The zero-order valence-electron chi connectivity index (χ0n) is 14.2. The van der Waals surface area contributed by atoms with Gasteiger partial charge in [0, 0.05) is 12.5 Å². The van der Waals surface area contributed by atoms with Crippen molar-refractivity contribution in [3.8, 4) is 18.0 Å².